The molecule has 0 saturated carbocycles. The molecule has 0 radical (unpaired) electrons. The Bertz CT molecular complexity index is 1080. The summed E-state index contributed by atoms with van der Waals surface area (Å²) in [6.07, 6.45) is 1.69. The molecular formula is C22H16F2N2O. The lowest BCUT2D eigenvalue weighted by atomic mass is 10.1. The lowest BCUT2D eigenvalue weighted by molar-refractivity contribution is 0.306. The van der Waals surface area contributed by atoms with Crippen molar-refractivity contribution in [2.75, 3.05) is 5.32 Å². The fourth-order valence-electron chi connectivity index (χ4n) is 2.80. The van der Waals surface area contributed by atoms with Crippen LogP contribution in [0.4, 0.5) is 20.2 Å². The molecule has 1 aromatic heterocycles. The SMILES string of the molecule is Fc1ccc(COc2ccc3c(Nc4cccc(F)c4)ccnc3c2)cc1. The highest BCUT2D eigenvalue weighted by atomic mass is 19.1. The van der Waals surface area contributed by atoms with Crippen LogP contribution in [0.2, 0.25) is 0 Å². The smallest absolute Gasteiger partial charge is 0.125 e. The van der Waals surface area contributed by atoms with Crippen LogP contribution in [0.5, 0.6) is 5.75 Å². The zero-order valence-corrected chi connectivity index (χ0v) is 14.3. The van der Waals surface area contributed by atoms with E-state index in [9.17, 15) is 8.78 Å². The quantitative estimate of drug-likeness (QED) is 0.485. The highest BCUT2D eigenvalue weighted by Crippen LogP contribution is 2.28. The van der Waals surface area contributed by atoms with Crippen molar-refractivity contribution in [1.82, 2.24) is 4.98 Å². The van der Waals surface area contributed by atoms with E-state index in [0.29, 0.717) is 18.0 Å². The number of halogens is 2. The molecule has 3 aromatic carbocycles. The topological polar surface area (TPSA) is 34.1 Å². The van der Waals surface area contributed by atoms with Crippen LogP contribution < -0.4 is 10.1 Å². The average Bonchev–Trinajstić information content (AvgIpc) is 2.68. The Morgan fingerprint density at radius 1 is 0.852 bits per heavy atom. The van der Waals surface area contributed by atoms with Gasteiger partial charge < -0.3 is 10.1 Å². The molecular weight excluding hydrogens is 346 g/mol. The maximum Gasteiger partial charge on any atom is 0.125 e. The largest absolute Gasteiger partial charge is 0.489 e. The number of hydrogen-bond acceptors (Lipinski definition) is 3. The molecule has 0 amide bonds. The standard InChI is InChI=1S/C22H16F2N2O/c23-16-6-4-15(5-7-16)14-27-19-8-9-20-21(10-11-25-22(20)13-19)26-18-3-1-2-17(24)12-18/h1-13H,14H2,(H,25,26). The predicted molar refractivity (Wildman–Crippen MR) is 102 cm³/mol. The second-order valence-corrected chi connectivity index (χ2v) is 6.09. The number of ether oxygens (including phenoxy) is 1. The van der Waals surface area contributed by atoms with Crippen LogP contribution in [0, 0.1) is 11.6 Å². The third-order valence-electron chi connectivity index (χ3n) is 4.14. The molecule has 0 aliphatic heterocycles. The minimum Gasteiger partial charge on any atom is -0.489 e. The lowest BCUT2D eigenvalue weighted by Crippen LogP contribution is -1.97. The Morgan fingerprint density at radius 2 is 1.70 bits per heavy atom. The second-order valence-electron chi connectivity index (χ2n) is 6.09. The molecule has 0 atom stereocenters. The summed E-state index contributed by atoms with van der Waals surface area (Å²) in [7, 11) is 0. The van der Waals surface area contributed by atoms with E-state index >= 15 is 0 Å². The van der Waals surface area contributed by atoms with Gasteiger partial charge in [0.1, 0.15) is 24.0 Å². The van der Waals surface area contributed by atoms with Gasteiger partial charge in [-0.15, -0.1) is 0 Å². The first-order valence-corrected chi connectivity index (χ1v) is 8.46. The fraction of sp³-hybridized carbons (Fsp3) is 0.0455. The van der Waals surface area contributed by atoms with Crippen LogP contribution in [-0.4, -0.2) is 4.98 Å². The van der Waals surface area contributed by atoms with Gasteiger partial charge in [0.05, 0.1) is 5.52 Å². The third kappa shape index (κ3) is 4.03. The Morgan fingerprint density at radius 3 is 2.52 bits per heavy atom. The molecule has 0 saturated heterocycles. The zero-order chi connectivity index (χ0) is 18.6. The van der Waals surface area contributed by atoms with E-state index in [1.165, 1.54) is 24.3 Å². The van der Waals surface area contributed by atoms with Gasteiger partial charge >= 0.3 is 0 Å². The molecule has 0 spiro atoms. The van der Waals surface area contributed by atoms with Crippen molar-refractivity contribution in [3.63, 3.8) is 0 Å². The molecule has 1 N–H and O–H groups in total. The predicted octanol–water partition coefficient (Wildman–Crippen LogP) is 5.84. The molecule has 0 fully saturated rings. The maximum atomic E-state index is 13.4. The first-order chi connectivity index (χ1) is 13.2. The van der Waals surface area contributed by atoms with Gasteiger partial charge in [-0.3, -0.25) is 4.98 Å². The number of aromatic nitrogens is 1. The van der Waals surface area contributed by atoms with Crippen LogP contribution in [-0.2, 0) is 6.61 Å². The summed E-state index contributed by atoms with van der Waals surface area (Å²) in [4.78, 5) is 4.38. The molecule has 0 aliphatic carbocycles. The van der Waals surface area contributed by atoms with Crippen LogP contribution in [0.1, 0.15) is 5.56 Å². The van der Waals surface area contributed by atoms with Gasteiger partial charge in [0.25, 0.3) is 0 Å². The summed E-state index contributed by atoms with van der Waals surface area (Å²) in [5.74, 6) is 0.101. The van der Waals surface area contributed by atoms with E-state index in [1.807, 2.05) is 24.3 Å². The number of nitrogens with one attached hydrogen (secondary N) is 1. The fourth-order valence-corrected chi connectivity index (χ4v) is 2.80. The van der Waals surface area contributed by atoms with Crippen LogP contribution >= 0.6 is 0 Å². The number of hydrogen-bond donors (Lipinski definition) is 1. The summed E-state index contributed by atoms with van der Waals surface area (Å²) in [6.45, 7) is 0.340. The summed E-state index contributed by atoms with van der Waals surface area (Å²) in [6, 6.07) is 19.9. The Kier molecular flexibility index (Phi) is 4.66. The number of anilines is 2. The highest BCUT2D eigenvalue weighted by Gasteiger charge is 2.05. The molecule has 4 aromatic rings. The molecule has 0 unspecified atom stereocenters. The van der Waals surface area contributed by atoms with Crippen molar-refractivity contribution in [2.45, 2.75) is 6.61 Å². The van der Waals surface area contributed by atoms with Gasteiger partial charge in [-0.1, -0.05) is 18.2 Å². The molecule has 0 bridgehead atoms. The highest BCUT2D eigenvalue weighted by molar-refractivity contribution is 5.93. The van der Waals surface area contributed by atoms with E-state index in [1.54, 1.807) is 30.5 Å². The molecule has 1 heterocycles. The van der Waals surface area contributed by atoms with Crippen LogP contribution in [0.25, 0.3) is 10.9 Å². The molecule has 4 rings (SSSR count). The van der Waals surface area contributed by atoms with Crippen LogP contribution in [0.15, 0.2) is 79.0 Å². The number of rotatable bonds is 5. The average molecular weight is 362 g/mol. The lowest BCUT2D eigenvalue weighted by Gasteiger charge is -2.11. The number of fused-ring (bicyclic) bond motifs is 1. The van der Waals surface area contributed by atoms with E-state index in [-0.39, 0.29) is 11.6 Å². The van der Waals surface area contributed by atoms with Gasteiger partial charge in [0, 0.05) is 29.0 Å². The zero-order valence-electron chi connectivity index (χ0n) is 14.3. The summed E-state index contributed by atoms with van der Waals surface area (Å²) >= 11 is 0. The summed E-state index contributed by atoms with van der Waals surface area (Å²) < 4.78 is 32.1. The molecule has 27 heavy (non-hydrogen) atoms. The van der Waals surface area contributed by atoms with Crippen molar-refractivity contribution in [3.8, 4) is 5.75 Å². The Hall–Kier alpha value is -3.47. The number of benzene rings is 3. The van der Waals surface area contributed by atoms with E-state index in [0.717, 1.165) is 22.2 Å². The van der Waals surface area contributed by atoms with Crippen molar-refractivity contribution in [2.24, 2.45) is 0 Å². The molecule has 3 nitrogen and oxygen atoms in total. The maximum absolute atomic E-state index is 13.4. The summed E-state index contributed by atoms with van der Waals surface area (Å²) in [5.41, 5.74) is 3.13. The molecule has 134 valence electrons. The number of nitrogens with zero attached hydrogens (tertiary/aromatic N) is 1. The van der Waals surface area contributed by atoms with Crippen molar-refractivity contribution in [1.29, 1.82) is 0 Å². The van der Waals surface area contributed by atoms with Crippen molar-refractivity contribution in [3.05, 3.63) is 96.2 Å². The Labute approximate surface area is 155 Å². The van der Waals surface area contributed by atoms with E-state index < -0.39 is 0 Å². The van der Waals surface area contributed by atoms with Gasteiger partial charge in [-0.25, -0.2) is 8.78 Å². The second kappa shape index (κ2) is 7.41. The minimum absolute atomic E-state index is 0.271. The normalized spacial score (nSPS) is 10.7. The van der Waals surface area contributed by atoms with Gasteiger partial charge in [0.2, 0.25) is 0 Å². The van der Waals surface area contributed by atoms with Gasteiger partial charge in [-0.2, -0.15) is 0 Å². The first kappa shape index (κ1) is 17.0. The number of pyridine rings is 1. The van der Waals surface area contributed by atoms with Gasteiger partial charge in [-0.05, 0) is 54.1 Å². The molecule has 5 heteroatoms. The van der Waals surface area contributed by atoms with Crippen molar-refractivity contribution >= 4 is 22.3 Å². The summed E-state index contributed by atoms with van der Waals surface area (Å²) in [5, 5.41) is 4.11. The van der Waals surface area contributed by atoms with E-state index in [4.69, 9.17) is 4.74 Å². The third-order valence-corrected chi connectivity index (χ3v) is 4.14. The monoisotopic (exact) mass is 362 g/mol. The minimum atomic E-state index is -0.296. The first-order valence-electron chi connectivity index (χ1n) is 8.46. The van der Waals surface area contributed by atoms with Crippen LogP contribution in [0.3, 0.4) is 0 Å². The Balaban J connectivity index is 1.55. The van der Waals surface area contributed by atoms with Crippen molar-refractivity contribution < 1.29 is 13.5 Å². The van der Waals surface area contributed by atoms with Gasteiger partial charge in [0.15, 0.2) is 0 Å². The van der Waals surface area contributed by atoms with E-state index in [2.05, 4.69) is 10.3 Å². The molecule has 0 aliphatic rings.